The Labute approximate surface area is 197 Å². The molecule has 5 heteroatoms. The number of carbonyl (C=O) groups is 1. The molecule has 1 fully saturated rings. The van der Waals surface area contributed by atoms with Crippen LogP contribution in [0.1, 0.15) is 53.0 Å². The smallest absolute Gasteiger partial charge is 0.329 e. The molecule has 4 rings (SSSR count). The van der Waals surface area contributed by atoms with E-state index in [-0.39, 0.29) is 12.1 Å². The summed E-state index contributed by atoms with van der Waals surface area (Å²) in [4.78, 5) is 20.5. The maximum atomic E-state index is 13.5. The average molecular weight is 448 g/mol. The van der Waals surface area contributed by atoms with E-state index in [1.807, 2.05) is 49.9 Å². The van der Waals surface area contributed by atoms with Crippen LogP contribution in [-0.4, -0.2) is 35.7 Å². The number of aromatic nitrogens is 2. The fraction of sp³-hybridized carbons (Fsp3) is 0.500. The molecule has 0 bridgehead atoms. The molecule has 0 radical (unpaired) electrons. The summed E-state index contributed by atoms with van der Waals surface area (Å²) in [6.07, 6.45) is 3.28. The first-order chi connectivity index (χ1) is 15.8. The zero-order chi connectivity index (χ0) is 23.7. The van der Waals surface area contributed by atoms with Crippen LogP contribution < -0.4 is 4.90 Å². The van der Waals surface area contributed by atoms with Gasteiger partial charge < -0.3 is 14.2 Å². The van der Waals surface area contributed by atoms with Gasteiger partial charge in [-0.3, -0.25) is 0 Å². The standard InChI is InChI=1S/C28H37N3O2/c1-18(2)23-16-11-19(3)17-26(23)33-28(32)20(4)31-25-10-8-7-9-24(25)29-27(31)21-12-14-22(15-13-21)30(5)6/h7-10,12-15,18-20,23,26H,11,16-17H2,1-6H3/t19-,20-,23?,26-/m1/s1. The topological polar surface area (TPSA) is 47.4 Å². The minimum Gasteiger partial charge on any atom is -0.461 e. The third kappa shape index (κ3) is 4.78. The fourth-order valence-corrected chi connectivity index (χ4v) is 5.15. The van der Waals surface area contributed by atoms with Crippen molar-refractivity contribution >= 4 is 22.7 Å². The van der Waals surface area contributed by atoms with Gasteiger partial charge in [-0.25, -0.2) is 9.78 Å². The number of carbonyl (C=O) groups excluding carboxylic acids is 1. The van der Waals surface area contributed by atoms with Crippen molar-refractivity contribution in [2.24, 2.45) is 17.8 Å². The van der Waals surface area contributed by atoms with Crippen molar-refractivity contribution in [3.05, 3.63) is 48.5 Å². The first-order valence-electron chi connectivity index (χ1n) is 12.2. The normalized spacial score (nSPS) is 21.8. The quantitative estimate of drug-likeness (QED) is 0.414. The summed E-state index contributed by atoms with van der Waals surface area (Å²) in [7, 11) is 4.05. The maximum absolute atomic E-state index is 13.5. The summed E-state index contributed by atoms with van der Waals surface area (Å²) in [5.41, 5.74) is 3.95. The lowest BCUT2D eigenvalue weighted by atomic mass is 9.75. The predicted molar refractivity (Wildman–Crippen MR) is 135 cm³/mol. The zero-order valence-corrected chi connectivity index (χ0v) is 20.8. The molecule has 0 saturated heterocycles. The molecule has 3 aromatic rings. The highest BCUT2D eigenvalue weighted by molar-refractivity contribution is 5.85. The van der Waals surface area contributed by atoms with Crippen molar-refractivity contribution in [1.29, 1.82) is 0 Å². The van der Waals surface area contributed by atoms with Crippen molar-refractivity contribution in [2.75, 3.05) is 19.0 Å². The van der Waals surface area contributed by atoms with Crippen LogP contribution in [0.2, 0.25) is 0 Å². The number of nitrogens with zero attached hydrogens (tertiary/aromatic N) is 3. The predicted octanol–water partition coefficient (Wildman–Crippen LogP) is 6.33. The molecule has 33 heavy (non-hydrogen) atoms. The molecule has 2 aromatic carbocycles. The Kier molecular flexibility index (Phi) is 6.78. The van der Waals surface area contributed by atoms with Gasteiger partial charge in [0.25, 0.3) is 0 Å². The van der Waals surface area contributed by atoms with E-state index in [0.717, 1.165) is 41.0 Å². The van der Waals surface area contributed by atoms with Crippen LogP contribution in [0.4, 0.5) is 5.69 Å². The van der Waals surface area contributed by atoms with Crippen molar-refractivity contribution in [1.82, 2.24) is 9.55 Å². The van der Waals surface area contributed by atoms with Crippen molar-refractivity contribution in [3.8, 4) is 11.4 Å². The monoisotopic (exact) mass is 447 g/mol. The van der Waals surface area contributed by atoms with Crippen LogP contribution in [0.25, 0.3) is 22.4 Å². The molecular formula is C28H37N3O2. The molecular weight excluding hydrogens is 410 g/mol. The molecule has 1 unspecified atom stereocenters. The summed E-state index contributed by atoms with van der Waals surface area (Å²) >= 11 is 0. The molecule has 5 nitrogen and oxygen atoms in total. The molecule has 1 saturated carbocycles. The van der Waals surface area contributed by atoms with E-state index in [1.54, 1.807) is 0 Å². The molecule has 1 heterocycles. The zero-order valence-electron chi connectivity index (χ0n) is 20.8. The summed E-state index contributed by atoms with van der Waals surface area (Å²) in [6.45, 7) is 8.68. The van der Waals surface area contributed by atoms with E-state index >= 15 is 0 Å². The SMILES string of the molecule is CC(C)C1CC[C@@H](C)C[C@H]1OC(=O)[C@@H](C)n1c(-c2ccc(N(C)C)cc2)nc2ccccc21. The maximum Gasteiger partial charge on any atom is 0.329 e. The van der Waals surface area contributed by atoms with Crippen LogP contribution in [-0.2, 0) is 9.53 Å². The fourth-order valence-electron chi connectivity index (χ4n) is 5.15. The highest BCUT2D eigenvalue weighted by atomic mass is 16.5. The highest BCUT2D eigenvalue weighted by Crippen LogP contribution is 2.37. The Morgan fingerprint density at radius 2 is 1.76 bits per heavy atom. The lowest BCUT2D eigenvalue weighted by Gasteiger charge is -2.37. The van der Waals surface area contributed by atoms with Gasteiger partial charge in [0, 0.05) is 25.3 Å². The van der Waals surface area contributed by atoms with E-state index < -0.39 is 6.04 Å². The van der Waals surface area contributed by atoms with E-state index in [2.05, 4.69) is 49.9 Å². The number of imidazole rings is 1. The first-order valence-corrected chi connectivity index (χ1v) is 12.2. The van der Waals surface area contributed by atoms with Gasteiger partial charge in [-0.1, -0.05) is 39.3 Å². The van der Waals surface area contributed by atoms with Gasteiger partial charge in [-0.2, -0.15) is 0 Å². The molecule has 176 valence electrons. The molecule has 0 spiro atoms. The van der Waals surface area contributed by atoms with Crippen LogP contribution in [0.3, 0.4) is 0 Å². The van der Waals surface area contributed by atoms with E-state index in [4.69, 9.17) is 9.72 Å². The third-order valence-corrected chi connectivity index (χ3v) is 7.19. The number of esters is 1. The lowest BCUT2D eigenvalue weighted by Crippen LogP contribution is -2.37. The number of hydrogen-bond acceptors (Lipinski definition) is 4. The lowest BCUT2D eigenvalue weighted by molar-refractivity contribution is -0.159. The van der Waals surface area contributed by atoms with Gasteiger partial charge in [0.2, 0.25) is 0 Å². The van der Waals surface area contributed by atoms with Crippen molar-refractivity contribution < 1.29 is 9.53 Å². The molecule has 1 aliphatic carbocycles. The van der Waals surface area contributed by atoms with Gasteiger partial charge >= 0.3 is 5.97 Å². The van der Waals surface area contributed by atoms with E-state index in [0.29, 0.717) is 17.8 Å². The second-order valence-corrected chi connectivity index (χ2v) is 10.2. The summed E-state index contributed by atoms with van der Waals surface area (Å²) in [5, 5.41) is 0. The molecule has 0 aliphatic heterocycles. The summed E-state index contributed by atoms with van der Waals surface area (Å²) in [6, 6.07) is 15.9. The number of benzene rings is 2. The van der Waals surface area contributed by atoms with Crippen LogP contribution in [0.15, 0.2) is 48.5 Å². The number of ether oxygens (including phenoxy) is 1. The van der Waals surface area contributed by atoms with Gasteiger partial charge in [-0.15, -0.1) is 0 Å². The number of rotatable bonds is 6. The number of para-hydroxylation sites is 2. The number of hydrogen-bond donors (Lipinski definition) is 0. The summed E-state index contributed by atoms with van der Waals surface area (Å²) in [5.74, 6) is 2.14. The largest absolute Gasteiger partial charge is 0.461 e. The average Bonchev–Trinajstić information content (AvgIpc) is 3.18. The number of anilines is 1. The summed E-state index contributed by atoms with van der Waals surface area (Å²) < 4.78 is 8.26. The highest BCUT2D eigenvalue weighted by Gasteiger charge is 2.35. The molecule has 4 atom stereocenters. The van der Waals surface area contributed by atoms with Gasteiger partial charge in [0.05, 0.1) is 11.0 Å². The molecule has 1 aromatic heterocycles. The Morgan fingerprint density at radius 1 is 1.06 bits per heavy atom. The molecule has 1 aliphatic rings. The minimum absolute atomic E-state index is 0.0127. The first kappa shape index (κ1) is 23.3. The van der Waals surface area contributed by atoms with Crippen LogP contribution in [0.5, 0.6) is 0 Å². The van der Waals surface area contributed by atoms with Gasteiger partial charge in [0.1, 0.15) is 18.0 Å². The van der Waals surface area contributed by atoms with Gasteiger partial charge in [0.15, 0.2) is 0 Å². The van der Waals surface area contributed by atoms with Crippen LogP contribution >= 0.6 is 0 Å². The Hall–Kier alpha value is -2.82. The van der Waals surface area contributed by atoms with Crippen molar-refractivity contribution in [2.45, 2.75) is 59.1 Å². The van der Waals surface area contributed by atoms with Gasteiger partial charge in [-0.05, 0) is 73.9 Å². The van der Waals surface area contributed by atoms with E-state index in [1.165, 1.54) is 6.42 Å². The Bertz CT molecular complexity index is 1100. The van der Waals surface area contributed by atoms with Crippen LogP contribution in [0, 0.1) is 17.8 Å². The van der Waals surface area contributed by atoms with Crippen molar-refractivity contribution in [3.63, 3.8) is 0 Å². The Morgan fingerprint density at radius 3 is 2.42 bits per heavy atom. The minimum atomic E-state index is -0.467. The molecule has 0 amide bonds. The second-order valence-electron chi connectivity index (χ2n) is 10.2. The Balaban J connectivity index is 1.68. The third-order valence-electron chi connectivity index (χ3n) is 7.19. The number of fused-ring (bicyclic) bond motifs is 1. The molecule has 0 N–H and O–H groups in total. The second kappa shape index (κ2) is 9.58. The van der Waals surface area contributed by atoms with E-state index in [9.17, 15) is 4.79 Å².